The lowest BCUT2D eigenvalue weighted by Crippen LogP contribution is -2.20. The first kappa shape index (κ1) is 13.1. The predicted octanol–water partition coefficient (Wildman–Crippen LogP) is 3.17. The Bertz CT molecular complexity index is 629. The first-order valence-electron chi connectivity index (χ1n) is 5.66. The summed E-state index contributed by atoms with van der Waals surface area (Å²) in [7, 11) is 0. The summed E-state index contributed by atoms with van der Waals surface area (Å²) in [6.45, 7) is 1.84. The topological polar surface area (TPSA) is 73.1 Å². The van der Waals surface area contributed by atoms with Crippen LogP contribution in [-0.4, -0.2) is 11.1 Å². The molecule has 2 rings (SSSR count). The normalized spacial score (nSPS) is 11.6. The molecule has 0 aliphatic carbocycles. The predicted molar refractivity (Wildman–Crippen MR) is 74.2 cm³/mol. The molecule has 0 bridgehead atoms. The number of carboxylic acids is 1. The zero-order valence-electron chi connectivity index (χ0n) is 10.3. The second-order valence-electron chi connectivity index (χ2n) is 4.04. The number of aliphatic carboxylic acids is 1. The highest BCUT2D eigenvalue weighted by Gasteiger charge is 2.22. The first-order valence-corrected chi connectivity index (χ1v) is 6.54. The van der Waals surface area contributed by atoms with Crippen LogP contribution in [0.5, 0.6) is 0 Å². The average molecular weight is 272 g/mol. The van der Waals surface area contributed by atoms with Crippen molar-refractivity contribution >= 4 is 23.0 Å². The molecule has 19 heavy (non-hydrogen) atoms. The third kappa shape index (κ3) is 2.75. The van der Waals surface area contributed by atoms with Crippen LogP contribution in [0.25, 0.3) is 0 Å². The maximum Gasteiger partial charge on any atom is 0.331 e. The van der Waals surface area contributed by atoms with E-state index in [-0.39, 0.29) is 0 Å². The summed E-state index contributed by atoms with van der Waals surface area (Å²) in [6, 6.07) is 10.1. The van der Waals surface area contributed by atoms with Gasteiger partial charge in [0, 0.05) is 4.88 Å². The number of aryl methyl sites for hydroxylation is 1. The van der Waals surface area contributed by atoms with E-state index in [4.69, 9.17) is 5.26 Å². The molecule has 0 amide bonds. The smallest absolute Gasteiger partial charge is 0.331 e. The number of rotatable bonds is 4. The number of anilines is 1. The van der Waals surface area contributed by atoms with E-state index in [2.05, 4.69) is 11.4 Å². The Morgan fingerprint density at radius 1 is 1.42 bits per heavy atom. The van der Waals surface area contributed by atoms with E-state index in [9.17, 15) is 9.90 Å². The van der Waals surface area contributed by atoms with Crippen LogP contribution in [0.15, 0.2) is 35.7 Å². The standard InChI is InChI=1S/C14H12N2O2S/c1-9-4-2-5-10(8-15)12(9)16-13(14(17)18)11-6-3-7-19-11/h2-7,13,16H,1H3,(H,17,18). The van der Waals surface area contributed by atoms with Crippen LogP contribution in [-0.2, 0) is 4.79 Å². The van der Waals surface area contributed by atoms with Crippen LogP contribution in [0.1, 0.15) is 22.0 Å². The number of hydrogen-bond acceptors (Lipinski definition) is 4. The minimum absolute atomic E-state index is 0.447. The van der Waals surface area contributed by atoms with E-state index >= 15 is 0 Å². The zero-order chi connectivity index (χ0) is 13.8. The van der Waals surface area contributed by atoms with Gasteiger partial charge in [-0.3, -0.25) is 0 Å². The first-order chi connectivity index (χ1) is 9.13. The van der Waals surface area contributed by atoms with Crippen molar-refractivity contribution in [2.75, 3.05) is 5.32 Å². The number of carboxylic acid groups (broad SMARTS) is 1. The number of nitriles is 1. The number of thiophene rings is 1. The lowest BCUT2D eigenvalue weighted by atomic mass is 10.1. The highest BCUT2D eigenvalue weighted by Crippen LogP contribution is 2.28. The lowest BCUT2D eigenvalue weighted by molar-refractivity contribution is -0.138. The van der Waals surface area contributed by atoms with Crippen molar-refractivity contribution in [3.63, 3.8) is 0 Å². The Hall–Kier alpha value is -2.32. The molecule has 2 aromatic rings. The number of para-hydroxylation sites is 1. The molecule has 0 saturated carbocycles. The summed E-state index contributed by atoms with van der Waals surface area (Å²) in [5.41, 5.74) is 1.87. The molecule has 1 heterocycles. The van der Waals surface area contributed by atoms with Crippen LogP contribution in [0, 0.1) is 18.3 Å². The molecule has 1 aromatic carbocycles. The van der Waals surface area contributed by atoms with E-state index in [0.29, 0.717) is 16.1 Å². The maximum atomic E-state index is 11.4. The Morgan fingerprint density at radius 2 is 2.21 bits per heavy atom. The quantitative estimate of drug-likeness (QED) is 0.896. The molecule has 1 unspecified atom stereocenters. The van der Waals surface area contributed by atoms with E-state index < -0.39 is 12.0 Å². The van der Waals surface area contributed by atoms with Crippen LogP contribution in [0.2, 0.25) is 0 Å². The molecular formula is C14H12N2O2S. The van der Waals surface area contributed by atoms with Gasteiger partial charge in [0.15, 0.2) is 6.04 Å². The van der Waals surface area contributed by atoms with E-state index in [0.717, 1.165) is 5.56 Å². The van der Waals surface area contributed by atoms with Crippen LogP contribution in [0.4, 0.5) is 5.69 Å². The Balaban J connectivity index is 2.39. The summed E-state index contributed by atoms with van der Waals surface area (Å²) in [6.07, 6.45) is 0. The Morgan fingerprint density at radius 3 is 2.79 bits per heavy atom. The fraction of sp³-hybridized carbons (Fsp3) is 0.143. The summed E-state index contributed by atoms with van der Waals surface area (Å²) in [5, 5.41) is 23.2. The molecule has 0 aliphatic heterocycles. The van der Waals surface area contributed by atoms with Gasteiger partial charge >= 0.3 is 5.97 Å². The second-order valence-corrected chi connectivity index (χ2v) is 5.02. The van der Waals surface area contributed by atoms with Crippen molar-refractivity contribution in [3.8, 4) is 6.07 Å². The Kier molecular flexibility index (Phi) is 3.83. The van der Waals surface area contributed by atoms with Crippen molar-refractivity contribution in [1.82, 2.24) is 0 Å². The fourth-order valence-electron chi connectivity index (χ4n) is 1.81. The van der Waals surface area contributed by atoms with Crippen molar-refractivity contribution in [3.05, 3.63) is 51.7 Å². The second kappa shape index (κ2) is 5.55. The highest BCUT2D eigenvalue weighted by atomic mass is 32.1. The van der Waals surface area contributed by atoms with Gasteiger partial charge in [0.2, 0.25) is 0 Å². The van der Waals surface area contributed by atoms with Crippen molar-refractivity contribution in [2.45, 2.75) is 13.0 Å². The van der Waals surface area contributed by atoms with Crippen LogP contribution >= 0.6 is 11.3 Å². The van der Waals surface area contributed by atoms with Crippen LogP contribution < -0.4 is 5.32 Å². The molecule has 1 aromatic heterocycles. The maximum absolute atomic E-state index is 11.4. The average Bonchev–Trinajstić information content (AvgIpc) is 2.90. The van der Waals surface area contributed by atoms with E-state index in [1.54, 1.807) is 24.3 Å². The molecule has 1 atom stereocenters. The van der Waals surface area contributed by atoms with Crippen molar-refractivity contribution < 1.29 is 9.90 Å². The SMILES string of the molecule is Cc1cccc(C#N)c1NC(C(=O)O)c1cccs1. The number of hydrogen-bond donors (Lipinski definition) is 2. The van der Waals surface area contributed by atoms with Crippen LogP contribution in [0.3, 0.4) is 0 Å². The molecule has 4 nitrogen and oxygen atoms in total. The van der Waals surface area contributed by atoms with Gasteiger partial charge in [0.05, 0.1) is 11.3 Å². The summed E-state index contributed by atoms with van der Waals surface area (Å²) < 4.78 is 0. The van der Waals surface area contributed by atoms with E-state index in [1.807, 2.05) is 18.4 Å². The van der Waals surface area contributed by atoms with E-state index in [1.165, 1.54) is 11.3 Å². The summed E-state index contributed by atoms with van der Waals surface area (Å²) in [4.78, 5) is 12.1. The van der Waals surface area contributed by atoms with Gasteiger partial charge in [-0.05, 0) is 30.0 Å². The molecular weight excluding hydrogens is 260 g/mol. The van der Waals surface area contributed by atoms with Crippen molar-refractivity contribution in [2.24, 2.45) is 0 Å². The van der Waals surface area contributed by atoms with Gasteiger partial charge in [0.1, 0.15) is 6.07 Å². The number of nitrogens with one attached hydrogen (secondary N) is 1. The van der Waals surface area contributed by atoms with Gasteiger partial charge in [-0.15, -0.1) is 11.3 Å². The monoisotopic (exact) mass is 272 g/mol. The molecule has 5 heteroatoms. The molecule has 0 radical (unpaired) electrons. The summed E-state index contributed by atoms with van der Waals surface area (Å²) in [5.74, 6) is -0.963. The fourth-order valence-corrected chi connectivity index (χ4v) is 2.57. The molecule has 0 aliphatic rings. The molecule has 0 spiro atoms. The van der Waals surface area contributed by atoms with Gasteiger partial charge in [-0.25, -0.2) is 4.79 Å². The van der Waals surface area contributed by atoms with Gasteiger partial charge in [-0.1, -0.05) is 18.2 Å². The van der Waals surface area contributed by atoms with Gasteiger partial charge < -0.3 is 10.4 Å². The minimum atomic E-state index is -0.963. The molecule has 96 valence electrons. The third-order valence-corrected chi connectivity index (χ3v) is 3.69. The van der Waals surface area contributed by atoms with Crippen molar-refractivity contribution in [1.29, 1.82) is 5.26 Å². The number of carbonyl (C=O) groups is 1. The highest BCUT2D eigenvalue weighted by molar-refractivity contribution is 7.10. The zero-order valence-corrected chi connectivity index (χ0v) is 11.1. The van der Waals surface area contributed by atoms with Gasteiger partial charge in [-0.2, -0.15) is 5.26 Å². The third-order valence-electron chi connectivity index (χ3n) is 2.76. The number of benzene rings is 1. The molecule has 0 fully saturated rings. The lowest BCUT2D eigenvalue weighted by Gasteiger charge is -2.17. The number of nitrogens with zero attached hydrogens (tertiary/aromatic N) is 1. The largest absolute Gasteiger partial charge is 0.479 e. The Labute approximate surface area is 114 Å². The molecule has 2 N–H and O–H groups in total. The minimum Gasteiger partial charge on any atom is -0.479 e. The summed E-state index contributed by atoms with van der Waals surface area (Å²) >= 11 is 1.37. The molecule has 0 saturated heterocycles. The van der Waals surface area contributed by atoms with Gasteiger partial charge in [0.25, 0.3) is 0 Å².